The zero-order valence-electron chi connectivity index (χ0n) is 23.9. The number of benzene rings is 1. The van der Waals surface area contributed by atoms with Crippen LogP contribution in [0.1, 0.15) is 58.7 Å². The number of nitrogens with zero attached hydrogens (tertiary/aromatic N) is 3. The second-order valence-corrected chi connectivity index (χ2v) is 12.6. The van der Waals surface area contributed by atoms with Gasteiger partial charge < -0.3 is 25.8 Å². The Morgan fingerprint density at radius 2 is 1.87 bits per heavy atom. The highest BCUT2D eigenvalue weighted by molar-refractivity contribution is 7.13. The maximum atomic E-state index is 13.4. The van der Waals surface area contributed by atoms with Gasteiger partial charge in [-0.1, -0.05) is 41.5 Å². The van der Waals surface area contributed by atoms with Crippen LogP contribution in [0.25, 0.3) is 21.6 Å². The van der Waals surface area contributed by atoms with Crippen LogP contribution in [0, 0.1) is 18.3 Å². The zero-order chi connectivity index (χ0) is 28.8. The molecule has 210 valence electrons. The van der Waals surface area contributed by atoms with E-state index in [1.165, 1.54) is 16.2 Å². The monoisotopic (exact) mass is 553 g/mol. The van der Waals surface area contributed by atoms with Gasteiger partial charge in [0.2, 0.25) is 11.8 Å². The Morgan fingerprint density at radius 1 is 1.18 bits per heavy atom. The molecule has 1 aliphatic rings. The molecule has 10 heteroatoms. The molecule has 0 radical (unpaired) electrons. The highest BCUT2D eigenvalue weighted by atomic mass is 32.1. The average Bonchev–Trinajstić information content (AvgIpc) is 3.48. The van der Waals surface area contributed by atoms with Gasteiger partial charge in [0.25, 0.3) is 0 Å². The minimum Gasteiger partial charge on any atom is -0.496 e. The number of carbonyl (C=O) groups excluding carboxylic acids is 2. The van der Waals surface area contributed by atoms with Crippen molar-refractivity contribution in [3.63, 3.8) is 0 Å². The number of hydrogen-bond donors (Lipinski definition) is 2. The van der Waals surface area contributed by atoms with Crippen LogP contribution in [-0.2, 0) is 9.59 Å². The summed E-state index contributed by atoms with van der Waals surface area (Å²) in [7, 11) is 1.63. The van der Waals surface area contributed by atoms with Crippen molar-refractivity contribution in [2.24, 2.45) is 22.8 Å². The van der Waals surface area contributed by atoms with Gasteiger partial charge in [0, 0.05) is 28.3 Å². The number of thiazole rings is 1. The van der Waals surface area contributed by atoms with Crippen molar-refractivity contribution in [1.82, 2.24) is 14.9 Å². The summed E-state index contributed by atoms with van der Waals surface area (Å²) in [6, 6.07) is 4.08. The molecule has 1 aliphatic heterocycles. The Morgan fingerprint density at radius 3 is 2.44 bits per heavy atom. The van der Waals surface area contributed by atoms with Crippen molar-refractivity contribution in [2.45, 2.75) is 72.6 Å². The van der Waals surface area contributed by atoms with Gasteiger partial charge in [0.05, 0.1) is 30.9 Å². The van der Waals surface area contributed by atoms with Crippen molar-refractivity contribution in [2.75, 3.05) is 13.7 Å². The van der Waals surface area contributed by atoms with E-state index in [2.05, 4.69) is 13.8 Å². The summed E-state index contributed by atoms with van der Waals surface area (Å²) in [5, 5.41) is 3.63. The van der Waals surface area contributed by atoms with Gasteiger partial charge in [0.1, 0.15) is 34.3 Å². The first-order valence-electron chi connectivity index (χ1n) is 13.2. The summed E-state index contributed by atoms with van der Waals surface area (Å²) < 4.78 is 12.2. The molecular weight excluding hydrogens is 514 g/mol. The molecular formula is C29H39N5O4S. The Hall–Kier alpha value is -3.24. The van der Waals surface area contributed by atoms with E-state index >= 15 is 0 Å². The predicted octanol–water partition coefficient (Wildman–Crippen LogP) is 4.25. The SMILES string of the molecule is COc1ccc2c(O[C@H]3CN(C(=O)[C@@H](N)C(C)(C)C)[C@H](C(N)=O)[C@@H]3C)cc(-c3nc(C(C)C)cs3)nc2c1C. The minimum atomic E-state index is -0.821. The van der Waals surface area contributed by atoms with Crippen LogP contribution in [0.3, 0.4) is 0 Å². The summed E-state index contributed by atoms with van der Waals surface area (Å²) in [6.07, 6.45) is -0.484. The molecule has 3 heterocycles. The maximum Gasteiger partial charge on any atom is 0.240 e. The molecule has 2 aromatic heterocycles. The van der Waals surface area contributed by atoms with Crippen LogP contribution < -0.4 is 20.9 Å². The number of aromatic nitrogens is 2. The molecule has 1 fully saturated rings. The quantitative estimate of drug-likeness (QED) is 0.447. The number of ether oxygens (including phenoxy) is 2. The topological polar surface area (TPSA) is 134 Å². The van der Waals surface area contributed by atoms with Crippen molar-refractivity contribution in [3.05, 3.63) is 34.8 Å². The molecule has 0 unspecified atom stereocenters. The Bertz CT molecular complexity index is 1400. The van der Waals surface area contributed by atoms with Gasteiger partial charge in [0.15, 0.2) is 0 Å². The van der Waals surface area contributed by atoms with Gasteiger partial charge in [-0.15, -0.1) is 11.3 Å². The summed E-state index contributed by atoms with van der Waals surface area (Å²) in [6.45, 7) is 13.9. The highest BCUT2D eigenvalue weighted by Crippen LogP contribution is 2.39. The molecule has 9 nitrogen and oxygen atoms in total. The van der Waals surface area contributed by atoms with E-state index in [-0.39, 0.29) is 18.4 Å². The zero-order valence-corrected chi connectivity index (χ0v) is 24.8. The van der Waals surface area contributed by atoms with Crippen molar-refractivity contribution in [1.29, 1.82) is 0 Å². The fourth-order valence-electron chi connectivity index (χ4n) is 4.93. The van der Waals surface area contributed by atoms with Crippen LogP contribution in [0.5, 0.6) is 11.5 Å². The Kier molecular flexibility index (Phi) is 7.91. The van der Waals surface area contributed by atoms with E-state index in [1.807, 2.05) is 58.2 Å². The van der Waals surface area contributed by atoms with Gasteiger partial charge in [-0.2, -0.15) is 0 Å². The number of rotatable bonds is 7. The molecule has 0 spiro atoms. The normalized spacial score (nSPS) is 20.5. The molecule has 0 bridgehead atoms. The summed E-state index contributed by atoms with van der Waals surface area (Å²) in [5.74, 6) is 0.368. The number of methoxy groups -OCH3 is 1. The number of fused-ring (bicyclic) bond motifs is 1. The first-order valence-corrected chi connectivity index (χ1v) is 14.1. The third-order valence-corrected chi connectivity index (χ3v) is 8.43. The van der Waals surface area contributed by atoms with E-state index in [1.54, 1.807) is 7.11 Å². The molecule has 4 rings (SSSR count). The summed E-state index contributed by atoms with van der Waals surface area (Å²) in [4.78, 5) is 37.1. The third-order valence-electron chi connectivity index (χ3n) is 7.55. The maximum absolute atomic E-state index is 13.4. The standard InChI is InChI=1S/C29H39N5O4S/c1-14(2)19-13-39-27(33-19)18-11-21(17-9-10-20(37-8)15(3)23(17)32-18)38-22-12-34(24(16(22)4)26(31)35)28(36)25(30)29(5,6)7/h9-11,13-14,16,22,24-25H,12,30H2,1-8H3,(H2,31,35)/t16-,22+,24+,25-/m1/s1. The number of aryl methyl sites for hydroxylation is 1. The van der Waals surface area contributed by atoms with E-state index < -0.39 is 29.5 Å². The molecule has 0 saturated carbocycles. The molecule has 0 aliphatic carbocycles. The number of pyridine rings is 1. The van der Waals surface area contributed by atoms with Crippen molar-refractivity contribution >= 4 is 34.1 Å². The summed E-state index contributed by atoms with van der Waals surface area (Å²) >= 11 is 1.53. The highest BCUT2D eigenvalue weighted by Gasteiger charge is 2.48. The molecule has 1 aromatic carbocycles. The van der Waals surface area contributed by atoms with Crippen LogP contribution in [-0.4, -0.2) is 58.5 Å². The van der Waals surface area contributed by atoms with Crippen LogP contribution in [0.2, 0.25) is 0 Å². The lowest BCUT2D eigenvalue weighted by molar-refractivity contribution is -0.140. The van der Waals surface area contributed by atoms with Crippen molar-refractivity contribution in [3.8, 4) is 22.2 Å². The molecule has 4 N–H and O–H groups in total. The number of nitrogens with two attached hydrogens (primary N) is 2. The van der Waals surface area contributed by atoms with E-state index in [0.29, 0.717) is 17.4 Å². The number of carbonyl (C=O) groups is 2. The van der Waals surface area contributed by atoms with Crippen molar-refractivity contribution < 1.29 is 19.1 Å². The summed E-state index contributed by atoms with van der Waals surface area (Å²) in [5.41, 5.74) is 14.9. The van der Waals surface area contributed by atoms with Crippen LogP contribution in [0.4, 0.5) is 0 Å². The number of likely N-dealkylation sites (tertiary alicyclic amines) is 1. The fraction of sp³-hybridized carbons (Fsp3) is 0.517. The average molecular weight is 554 g/mol. The minimum absolute atomic E-state index is 0.195. The number of amides is 2. The predicted molar refractivity (Wildman–Crippen MR) is 154 cm³/mol. The fourth-order valence-corrected chi connectivity index (χ4v) is 5.87. The van der Waals surface area contributed by atoms with Gasteiger partial charge in [-0.25, -0.2) is 9.97 Å². The first-order chi connectivity index (χ1) is 18.2. The van der Waals surface area contributed by atoms with Crippen LogP contribution in [0.15, 0.2) is 23.6 Å². The smallest absolute Gasteiger partial charge is 0.240 e. The van der Waals surface area contributed by atoms with E-state index in [0.717, 1.165) is 32.9 Å². The molecule has 2 amide bonds. The molecule has 3 aromatic rings. The van der Waals surface area contributed by atoms with Crippen LogP contribution >= 0.6 is 11.3 Å². The molecule has 39 heavy (non-hydrogen) atoms. The van der Waals surface area contributed by atoms with E-state index in [9.17, 15) is 9.59 Å². The van der Waals surface area contributed by atoms with E-state index in [4.69, 9.17) is 30.9 Å². The second kappa shape index (κ2) is 10.7. The molecule has 1 saturated heterocycles. The van der Waals surface area contributed by atoms with Gasteiger partial charge in [-0.3, -0.25) is 9.59 Å². The largest absolute Gasteiger partial charge is 0.496 e. The Labute approximate surface area is 233 Å². The first kappa shape index (κ1) is 28.8. The lowest BCUT2D eigenvalue weighted by Gasteiger charge is -2.32. The Balaban J connectivity index is 1.78. The van der Waals surface area contributed by atoms with Gasteiger partial charge in [-0.05, 0) is 30.4 Å². The van der Waals surface area contributed by atoms with Gasteiger partial charge >= 0.3 is 0 Å². The second-order valence-electron chi connectivity index (χ2n) is 11.7. The lowest BCUT2D eigenvalue weighted by atomic mass is 9.86. The molecule has 4 atom stereocenters. The number of primary amides is 1. The lowest BCUT2D eigenvalue weighted by Crippen LogP contribution is -2.55. The third kappa shape index (κ3) is 5.45. The number of hydrogen-bond acceptors (Lipinski definition) is 8.